The summed E-state index contributed by atoms with van der Waals surface area (Å²) in [5, 5.41) is 1.86. The van der Waals surface area contributed by atoms with Crippen molar-refractivity contribution in [2.75, 3.05) is 6.26 Å². The summed E-state index contributed by atoms with van der Waals surface area (Å²) in [5.74, 6) is 0.302. The van der Waals surface area contributed by atoms with E-state index in [1.807, 2.05) is 0 Å². The molecule has 1 aliphatic rings. The second-order valence-electron chi connectivity index (χ2n) is 5.37. The van der Waals surface area contributed by atoms with Crippen molar-refractivity contribution in [2.24, 2.45) is 11.7 Å². The van der Waals surface area contributed by atoms with Crippen LogP contribution in [-0.2, 0) is 9.84 Å². The predicted molar refractivity (Wildman–Crippen MR) is 76.6 cm³/mol. The van der Waals surface area contributed by atoms with E-state index in [4.69, 9.17) is 5.73 Å². The standard InChI is InChI=1S/C13H21NO2S2/c1-9-6-7-17-13(9)12(14)10-4-3-5-11(8-10)18(2,15)16/h6-7,10-12H,3-5,8,14H2,1-2H3. The molecule has 0 amide bonds. The molecule has 1 aliphatic carbocycles. The first kappa shape index (κ1) is 14.0. The van der Waals surface area contributed by atoms with Crippen LogP contribution in [0.4, 0.5) is 0 Å². The highest BCUT2D eigenvalue weighted by atomic mass is 32.2. The number of sulfone groups is 1. The zero-order chi connectivity index (χ0) is 13.3. The Morgan fingerprint density at radius 1 is 1.44 bits per heavy atom. The first-order valence-electron chi connectivity index (χ1n) is 6.38. The van der Waals surface area contributed by atoms with Crippen molar-refractivity contribution >= 4 is 21.2 Å². The van der Waals surface area contributed by atoms with Crippen molar-refractivity contribution < 1.29 is 8.42 Å². The quantitative estimate of drug-likeness (QED) is 0.929. The molecule has 3 atom stereocenters. The third kappa shape index (κ3) is 2.95. The van der Waals surface area contributed by atoms with Crippen LogP contribution >= 0.6 is 11.3 Å². The number of nitrogens with two attached hydrogens (primary N) is 1. The summed E-state index contributed by atoms with van der Waals surface area (Å²) in [7, 11) is -2.92. The molecule has 2 N–H and O–H groups in total. The first-order valence-corrected chi connectivity index (χ1v) is 9.21. The highest BCUT2D eigenvalue weighted by Gasteiger charge is 2.32. The molecule has 18 heavy (non-hydrogen) atoms. The Kier molecular flexibility index (Phi) is 4.14. The topological polar surface area (TPSA) is 60.2 Å². The smallest absolute Gasteiger partial charge is 0.150 e. The SMILES string of the molecule is Cc1ccsc1C(N)C1CCCC(S(C)(=O)=O)C1. The Labute approximate surface area is 113 Å². The maximum atomic E-state index is 11.7. The van der Waals surface area contributed by atoms with E-state index in [-0.39, 0.29) is 11.3 Å². The van der Waals surface area contributed by atoms with Crippen LogP contribution in [0.3, 0.4) is 0 Å². The van der Waals surface area contributed by atoms with E-state index in [1.165, 1.54) is 16.7 Å². The number of rotatable bonds is 3. The van der Waals surface area contributed by atoms with Crippen LogP contribution in [0.2, 0.25) is 0 Å². The second-order valence-corrected chi connectivity index (χ2v) is 8.65. The number of hydrogen-bond donors (Lipinski definition) is 1. The van der Waals surface area contributed by atoms with Crippen LogP contribution in [0.5, 0.6) is 0 Å². The number of hydrogen-bond acceptors (Lipinski definition) is 4. The molecule has 0 saturated heterocycles. The fraction of sp³-hybridized carbons (Fsp3) is 0.692. The van der Waals surface area contributed by atoms with Crippen molar-refractivity contribution in [2.45, 2.75) is 43.9 Å². The van der Waals surface area contributed by atoms with Gasteiger partial charge in [0.05, 0.1) is 5.25 Å². The fourth-order valence-corrected chi connectivity index (χ4v) is 5.05. The van der Waals surface area contributed by atoms with E-state index in [2.05, 4.69) is 18.4 Å². The van der Waals surface area contributed by atoms with Gasteiger partial charge in [-0.05, 0) is 49.1 Å². The minimum Gasteiger partial charge on any atom is -0.323 e. The van der Waals surface area contributed by atoms with Gasteiger partial charge in [-0.25, -0.2) is 8.42 Å². The van der Waals surface area contributed by atoms with Crippen molar-refractivity contribution in [3.8, 4) is 0 Å². The van der Waals surface area contributed by atoms with Crippen LogP contribution in [0, 0.1) is 12.8 Å². The van der Waals surface area contributed by atoms with Gasteiger partial charge in [-0.1, -0.05) is 6.42 Å². The number of aryl methyl sites for hydroxylation is 1. The Balaban J connectivity index is 2.12. The molecule has 1 heterocycles. The van der Waals surface area contributed by atoms with Crippen LogP contribution < -0.4 is 5.73 Å². The van der Waals surface area contributed by atoms with E-state index < -0.39 is 9.84 Å². The molecule has 102 valence electrons. The molecule has 1 aromatic rings. The fourth-order valence-electron chi connectivity index (χ4n) is 2.84. The lowest BCUT2D eigenvalue weighted by Gasteiger charge is -2.31. The van der Waals surface area contributed by atoms with Crippen LogP contribution in [-0.4, -0.2) is 19.9 Å². The average Bonchev–Trinajstić information content (AvgIpc) is 2.73. The van der Waals surface area contributed by atoms with Gasteiger partial charge in [-0.15, -0.1) is 11.3 Å². The molecule has 0 aromatic carbocycles. The van der Waals surface area contributed by atoms with E-state index >= 15 is 0 Å². The van der Waals surface area contributed by atoms with Crippen molar-refractivity contribution in [3.05, 3.63) is 21.9 Å². The van der Waals surface area contributed by atoms with Gasteiger partial charge >= 0.3 is 0 Å². The lowest BCUT2D eigenvalue weighted by molar-refractivity contribution is 0.311. The monoisotopic (exact) mass is 287 g/mol. The van der Waals surface area contributed by atoms with Crippen molar-refractivity contribution in [1.29, 1.82) is 0 Å². The van der Waals surface area contributed by atoms with Gasteiger partial charge in [-0.3, -0.25) is 0 Å². The predicted octanol–water partition coefficient (Wildman–Crippen LogP) is 2.66. The summed E-state index contributed by atoms with van der Waals surface area (Å²) in [4.78, 5) is 1.22. The molecule has 0 bridgehead atoms. The Morgan fingerprint density at radius 2 is 2.17 bits per heavy atom. The van der Waals surface area contributed by atoms with E-state index in [0.29, 0.717) is 5.92 Å². The first-order chi connectivity index (χ1) is 8.39. The van der Waals surface area contributed by atoms with Gasteiger partial charge in [-0.2, -0.15) is 0 Å². The summed E-state index contributed by atoms with van der Waals surface area (Å²) < 4.78 is 23.3. The zero-order valence-electron chi connectivity index (χ0n) is 10.9. The van der Waals surface area contributed by atoms with E-state index in [1.54, 1.807) is 11.3 Å². The molecule has 0 radical (unpaired) electrons. The minimum atomic E-state index is -2.92. The van der Waals surface area contributed by atoms with Gasteiger partial charge in [0.15, 0.2) is 0 Å². The summed E-state index contributed by atoms with van der Waals surface area (Å²) in [5.41, 5.74) is 7.57. The second kappa shape index (κ2) is 5.31. The molecule has 1 aromatic heterocycles. The maximum Gasteiger partial charge on any atom is 0.150 e. The third-order valence-electron chi connectivity index (χ3n) is 3.98. The Morgan fingerprint density at radius 3 is 2.72 bits per heavy atom. The highest BCUT2D eigenvalue weighted by molar-refractivity contribution is 7.91. The van der Waals surface area contributed by atoms with Crippen molar-refractivity contribution in [3.63, 3.8) is 0 Å². The molecule has 2 rings (SSSR count). The van der Waals surface area contributed by atoms with E-state index in [0.717, 1.165) is 25.7 Å². The highest BCUT2D eigenvalue weighted by Crippen LogP contribution is 2.37. The zero-order valence-corrected chi connectivity index (χ0v) is 12.6. The van der Waals surface area contributed by atoms with Crippen LogP contribution in [0.1, 0.15) is 42.2 Å². The molecule has 3 nitrogen and oxygen atoms in total. The van der Waals surface area contributed by atoms with Gasteiger partial charge in [0, 0.05) is 17.2 Å². The molecule has 0 aliphatic heterocycles. The molecule has 1 saturated carbocycles. The Bertz CT molecular complexity index is 507. The largest absolute Gasteiger partial charge is 0.323 e. The Hall–Kier alpha value is -0.390. The summed E-state index contributed by atoms with van der Waals surface area (Å²) >= 11 is 1.69. The lowest BCUT2D eigenvalue weighted by Crippen LogP contribution is -2.32. The lowest BCUT2D eigenvalue weighted by atomic mass is 9.83. The van der Waals surface area contributed by atoms with Gasteiger partial charge < -0.3 is 5.73 Å². The summed E-state index contributed by atoms with van der Waals surface area (Å²) in [6.45, 7) is 2.07. The average molecular weight is 287 g/mol. The van der Waals surface area contributed by atoms with Gasteiger partial charge in [0.25, 0.3) is 0 Å². The molecule has 0 spiro atoms. The molecular formula is C13H21NO2S2. The number of thiophene rings is 1. The minimum absolute atomic E-state index is 0.00505. The van der Waals surface area contributed by atoms with Gasteiger partial charge in [0.1, 0.15) is 9.84 Å². The summed E-state index contributed by atoms with van der Waals surface area (Å²) in [6, 6.07) is 2.08. The van der Waals surface area contributed by atoms with Crippen molar-refractivity contribution in [1.82, 2.24) is 0 Å². The van der Waals surface area contributed by atoms with E-state index in [9.17, 15) is 8.42 Å². The maximum absolute atomic E-state index is 11.7. The molecular weight excluding hydrogens is 266 g/mol. The third-order valence-corrected chi connectivity index (χ3v) is 6.74. The molecule has 1 fully saturated rings. The molecule has 5 heteroatoms. The van der Waals surface area contributed by atoms with Crippen LogP contribution in [0.25, 0.3) is 0 Å². The van der Waals surface area contributed by atoms with Crippen LogP contribution in [0.15, 0.2) is 11.4 Å². The summed E-state index contributed by atoms with van der Waals surface area (Å²) in [6.07, 6.45) is 4.88. The molecule has 3 unspecified atom stereocenters. The van der Waals surface area contributed by atoms with Gasteiger partial charge in [0.2, 0.25) is 0 Å². The normalized spacial score (nSPS) is 27.1.